The molecule has 5 nitrogen and oxygen atoms in total. The Balaban J connectivity index is 0.00000450. The predicted molar refractivity (Wildman–Crippen MR) is 113 cm³/mol. The van der Waals surface area contributed by atoms with Crippen LogP contribution in [0.5, 0.6) is 17.2 Å². The number of aryl methyl sites for hydroxylation is 1. The molecule has 0 saturated carbocycles. The van der Waals surface area contributed by atoms with E-state index in [1.54, 1.807) is 18.2 Å². The minimum absolute atomic E-state index is 0. The molecule has 0 unspecified atom stereocenters. The number of benzene rings is 2. The van der Waals surface area contributed by atoms with Crippen molar-refractivity contribution in [2.75, 3.05) is 0 Å². The molecule has 0 aliphatic rings. The van der Waals surface area contributed by atoms with Gasteiger partial charge in [0.05, 0.1) is 4.90 Å². The second-order valence-electron chi connectivity index (χ2n) is 7.40. The maximum Gasteiger partial charge on any atom is 1.00 e. The van der Waals surface area contributed by atoms with Crippen LogP contribution in [-0.4, -0.2) is 13.0 Å². The average molecular weight is 443 g/mol. The van der Waals surface area contributed by atoms with E-state index >= 15 is 0 Å². The van der Waals surface area contributed by atoms with E-state index in [9.17, 15) is 13.5 Å². The van der Waals surface area contributed by atoms with Crippen LogP contribution in [0.25, 0.3) is 0 Å². The van der Waals surface area contributed by atoms with Crippen LogP contribution < -0.4 is 39.4 Å². The smallest absolute Gasteiger partial charge is 0.872 e. The second kappa shape index (κ2) is 14.1. The third kappa shape index (κ3) is 9.84. The van der Waals surface area contributed by atoms with E-state index in [0.717, 1.165) is 24.8 Å². The van der Waals surface area contributed by atoms with E-state index < -0.39 is 10.1 Å². The van der Waals surface area contributed by atoms with Crippen LogP contribution in [0.3, 0.4) is 0 Å². The van der Waals surface area contributed by atoms with Gasteiger partial charge in [-0.1, -0.05) is 76.0 Å². The summed E-state index contributed by atoms with van der Waals surface area (Å²) in [6, 6.07) is 10.4. The minimum Gasteiger partial charge on any atom is -0.872 e. The van der Waals surface area contributed by atoms with Crippen molar-refractivity contribution in [3.8, 4) is 17.2 Å². The Bertz CT molecular complexity index is 868. The van der Waals surface area contributed by atoms with Gasteiger partial charge in [-0.15, -0.1) is 5.75 Å². The van der Waals surface area contributed by atoms with Crippen molar-refractivity contribution in [2.24, 2.45) is 0 Å². The van der Waals surface area contributed by atoms with Crippen molar-refractivity contribution in [1.29, 1.82) is 0 Å². The number of rotatable bonds is 13. The number of ether oxygens (including phenoxy) is 1. The first kappa shape index (κ1) is 27.0. The number of unbranched alkanes of at least 4 members (excludes halogenated alkanes) is 8. The van der Waals surface area contributed by atoms with Gasteiger partial charge in [0.15, 0.2) is 0 Å². The van der Waals surface area contributed by atoms with Crippen molar-refractivity contribution in [1.82, 2.24) is 0 Å². The normalized spacial score (nSPS) is 11.1. The molecule has 0 amide bonds. The third-order valence-corrected chi connectivity index (χ3v) is 5.78. The van der Waals surface area contributed by atoms with Gasteiger partial charge in [-0.05, 0) is 37.1 Å². The van der Waals surface area contributed by atoms with Gasteiger partial charge in [0.1, 0.15) is 11.5 Å². The first-order valence-corrected chi connectivity index (χ1v) is 11.9. The Labute approximate surface area is 202 Å². The summed E-state index contributed by atoms with van der Waals surface area (Å²) in [5, 5.41) is 12.3. The van der Waals surface area contributed by atoms with Gasteiger partial charge in [0.25, 0.3) is 10.1 Å². The molecule has 0 spiro atoms. The molecule has 0 bridgehead atoms. The van der Waals surface area contributed by atoms with E-state index in [2.05, 4.69) is 6.92 Å². The molecule has 1 N–H and O–H groups in total. The zero-order valence-corrected chi connectivity index (χ0v) is 20.9. The van der Waals surface area contributed by atoms with Gasteiger partial charge >= 0.3 is 29.6 Å². The van der Waals surface area contributed by atoms with Crippen LogP contribution in [0, 0.1) is 0 Å². The third-order valence-electron chi connectivity index (χ3n) is 4.93. The summed E-state index contributed by atoms with van der Waals surface area (Å²) in [7, 11) is -4.30. The molecule has 0 radical (unpaired) electrons. The molecule has 0 aromatic heterocycles. The monoisotopic (exact) mass is 442 g/mol. The molecular weight excluding hydrogens is 411 g/mol. The van der Waals surface area contributed by atoms with Gasteiger partial charge in [0, 0.05) is 6.07 Å². The fourth-order valence-corrected chi connectivity index (χ4v) is 3.78. The Morgan fingerprint density at radius 1 is 0.867 bits per heavy atom. The maximum absolute atomic E-state index is 12.3. The standard InChI is InChI=1S/C23H32O5S.Na/c1-2-3-4-5-6-7-8-9-10-12-19-15-16-21(18-23(19)24)28-20-13-11-14-22(17-20)29(25,26)27;/h11,13-18,24H,2-10,12H2,1H3,(H,25,26,27);/q;+1/p-1. The molecule has 0 aliphatic carbocycles. The van der Waals surface area contributed by atoms with Crippen LogP contribution >= 0.6 is 0 Å². The van der Waals surface area contributed by atoms with Crippen LogP contribution in [0.15, 0.2) is 47.4 Å². The Hall–Kier alpha value is -1.05. The summed E-state index contributed by atoms with van der Waals surface area (Å²) >= 11 is 0. The Kier molecular flexibility index (Phi) is 12.7. The quantitative estimate of drug-likeness (QED) is 0.293. The summed E-state index contributed by atoms with van der Waals surface area (Å²) in [5.74, 6) is 0.512. The van der Waals surface area contributed by atoms with Gasteiger partial charge in [-0.2, -0.15) is 8.42 Å². The average Bonchev–Trinajstić information content (AvgIpc) is 2.68. The summed E-state index contributed by atoms with van der Waals surface area (Å²) < 4.78 is 37.1. The largest absolute Gasteiger partial charge is 1.00 e. The van der Waals surface area contributed by atoms with E-state index in [1.807, 2.05) is 0 Å². The zero-order chi connectivity index (χ0) is 21.1. The van der Waals surface area contributed by atoms with Gasteiger partial charge in [0.2, 0.25) is 0 Å². The predicted octanol–water partition coefficient (Wildman–Crippen LogP) is 2.88. The topological polar surface area (TPSA) is 86.7 Å². The molecule has 0 aliphatic heterocycles. The van der Waals surface area contributed by atoms with E-state index in [1.165, 1.54) is 69.2 Å². The summed E-state index contributed by atoms with van der Waals surface area (Å²) in [6.45, 7) is 2.23. The minimum atomic E-state index is -4.30. The van der Waals surface area contributed by atoms with E-state index in [-0.39, 0.29) is 46.0 Å². The maximum atomic E-state index is 12.3. The van der Waals surface area contributed by atoms with E-state index in [4.69, 9.17) is 9.29 Å². The molecule has 0 saturated heterocycles. The van der Waals surface area contributed by atoms with Crippen LogP contribution in [0.1, 0.15) is 70.3 Å². The van der Waals surface area contributed by atoms with Gasteiger partial charge in [-0.25, -0.2) is 0 Å². The van der Waals surface area contributed by atoms with Crippen molar-refractivity contribution in [3.05, 3.63) is 48.0 Å². The second-order valence-corrected chi connectivity index (χ2v) is 8.82. The van der Waals surface area contributed by atoms with Crippen molar-refractivity contribution < 1.29 is 52.4 Å². The SMILES string of the molecule is CCCCCCCCCCCc1ccc(Oc2cccc(S(=O)(=O)O)c2)cc1[O-].[Na+]. The molecular formula is C23H31NaO5S. The van der Waals surface area contributed by atoms with E-state index in [0.29, 0.717) is 5.75 Å². The van der Waals surface area contributed by atoms with Crippen molar-refractivity contribution in [3.63, 3.8) is 0 Å². The molecule has 7 heteroatoms. The first-order valence-electron chi connectivity index (χ1n) is 10.5. The fourth-order valence-electron chi connectivity index (χ4n) is 3.27. The summed E-state index contributed by atoms with van der Waals surface area (Å²) in [6.07, 6.45) is 11.9. The Morgan fingerprint density at radius 2 is 1.47 bits per heavy atom. The molecule has 2 aromatic carbocycles. The first-order chi connectivity index (χ1) is 13.9. The van der Waals surface area contributed by atoms with Gasteiger partial charge in [-0.3, -0.25) is 4.55 Å². The number of hydrogen-bond acceptors (Lipinski definition) is 4. The van der Waals surface area contributed by atoms with Crippen LogP contribution in [0.2, 0.25) is 0 Å². The fraction of sp³-hybridized carbons (Fsp3) is 0.478. The molecule has 2 rings (SSSR count). The molecule has 30 heavy (non-hydrogen) atoms. The molecule has 2 aromatic rings. The molecule has 0 heterocycles. The van der Waals surface area contributed by atoms with Crippen molar-refractivity contribution >= 4 is 10.1 Å². The number of hydrogen-bond donors (Lipinski definition) is 1. The van der Waals surface area contributed by atoms with Crippen LogP contribution in [0.4, 0.5) is 0 Å². The van der Waals surface area contributed by atoms with Crippen molar-refractivity contribution in [2.45, 2.75) is 76.0 Å². The molecule has 0 fully saturated rings. The van der Waals surface area contributed by atoms with Crippen LogP contribution in [-0.2, 0) is 16.5 Å². The molecule has 0 atom stereocenters. The summed E-state index contributed by atoms with van der Waals surface area (Å²) in [5.41, 5.74) is 0.770. The zero-order valence-electron chi connectivity index (χ0n) is 18.1. The molecule has 160 valence electrons. The van der Waals surface area contributed by atoms with Gasteiger partial charge < -0.3 is 9.84 Å². The summed E-state index contributed by atoms with van der Waals surface area (Å²) in [4.78, 5) is -0.251. The Morgan fingerprint density at radius 3 is 2.07 bits per heavy atom.